The number of carboxylic acid groups (broad SMARTS) is 1. The van der Waals surface area contributed by atoms with Crippen LogP contribution in [0.4, 0.5) is 0 Å². The van der Waals surface area contributed by atoms with Crippen molar-refractivity contribution in [3.05, 3.63) is 11.6 Å². The van der Waals surface area contributed by atoms with Crippen LogP contribution < -0.4 is 0 Å². The SMILES string of the molecule is Cc1nnc(C2CCC2)n1C1(C(=O)O)CC1. The minimum atomic E-state index is -0.740. The summed E-state index contributed by atoms with van der Waals surface area (Å²) < 4.78 is 1.87. The number of carboxylic acids is 1. The lowest BCUT2D eigenvalue weighted by Gasteiger charge is -2.27. The number of carbonyl (C=O) groups is 1. The second kappa shape index (κ2) is 3.06. The number of aromatic nitrogens is 3. The maximum atomic E-state index is 11.3. The zero-order valence-electron chi connectivity index (χ0n) is 9.31. The number of aliphatic carboxylic acids is 1. The molecule has 16 heavy (non-hydrogen) atoms. The van der Waals surface area contributed by atoms with Gasteiger partial charge in [-0.25, -0.2) is 4.79 Å². The topological polar surface area (TPSA) is 68.0 Å². The molecule has 0 aliphatic heterocycles. The van der Waals surface area contributed by atoms with E-state index in [0.29, 0.717) is 18.8 Å². The average molecular weight is 221 g/mol. The van der Waals surface area contributed by atoms with E-state index in [1.54, 1.807) is 0 Å². The van der Waals surface area contributed by atoms with E-state index in [1.807, 2.05) is 11.5 Å². The molecule has 3 rings (SSSR count). The molecule has 0 bridgehead atoms. The molecule has 2 fully saturated rings. The minimum Gasteiger partial charge on any atom is -0.479 e. The summed E-state index contributed by atoms with van der Waals surface area (Å²) in [5, 5.41) is 17.6. The molecule has 0 amide bonds. The highest BCUT2D eigenvalue weighted by molar-refractivity contribution is 5.80. The van der Waals surface area contributed by atoms with E-state index in [0.717, 1.165) is 24.5 Å². The highest BCUT2D eigenvalue weighted by Crippen LogP contribution is 2.47. The minimum absolute atomic E-state index is 0.429. The Kier molecular flexibility index (Phi) is 1.87. The van der Waals surface area contributed by atoms with Gasteiger partial charge in [-0.3, -0.25) is 4.57 Å². The fourth-order valence-electron chi connectivity index (χ4n) is 2.49. The van der Waals surface area contributed by atoms with Gasteiger partial charge in [0, 0.05) is 5.92 Å². The Bertz CT molecular complexity index is 444. The van der Waals surface area contributed by atoms with Gasteiger partial charge in [-0.2, -0.15) is 0 Å². The van der Waals surface area contributed by atoms with E-state index in [-0.39, 0.29) is 0 Å². The highest BCUT2D eigenvalue weighted by atomic mass is 16.4. The molecule has 0 atom stereocenters. The summed E-state index contributed by atoms with van der Waals surface area (Å²) in [6, 6.07) is 0. The summed E-state index contributed by atoms with van der Waals surface area (Å²) in [7, 11) is 0. The van der Waals surface area contributed by atoms with Gasteiger partial charge in [0.25, 0.3) is 0 Å². The molecule has 0 aromatic carbocycles. The van der Waals surface area contributed by atoms with Crippen molar-refractivity contribution >= 4 is 5.97 Å². The van der Waals surface area contributed by atoms with Crippen molar-refractivity contribution in [2.75, 3.05) is 0 Å². The summed E-state index contributed by atoms with van der Waals surface area (Å²) in [6.45, 7) is 1.85. The van der Waals surface area contributed by atoms with Gasteiger partial charge in [0.2, 0.25) is 0 Å². The third-order valence-electron chi connectivity index (χ3n) is 3.87. The van der Waals surface area contributed by atoms with Crippen LogP contribution in [0.5, 0.6) is 0 Å². The molecule has 86 valence electrons. The number of hydrogen-bond donors (Lipinski definition) is 1. The molecular formula is C11H15N3O2. The number of rotatable bonds is 3. The van der Waals surface area contributed by atoms with Crippen molar-refractivity contribution in [2.24, 2.45) is 0 Å². The molecule has 0 radical (unpaired) electrons. The van der Waals surface area contributed by atoms with E-state index in [2.05, 4.69) is 10.2 Å². The molecule has 1 heterocycles. The van der Waals surface area contributed by atoms with Crippen LogP contribution in [-0.4, -0.2) is 25.8 Å². The Balaban J connectivity index is 2.05. The van der Waals surface area contributed by atoms with Crippen molar-refractivity contribution in [1.82, 2.24) is 14.8 Å². The fourth-order valence-corrected chi connectivity index (χ4v) is 2.49. The van der Waals surface area contributed by atoms with Gasteiger partial charge < -0.3 is 5.11 Å². The van der Waals surface area contributed by atoms with Gasteiger partial charge in [-0.1, -0.05) is 6.42 Å². The lowest BCUT2D eigenvalue weighted by Crippen LogP contribution is -2.31. The number of nitrogens with zero attached hydrogens (tertiary/aromatic N) is 3. The first-order valence-corrected chi connectivity index (χ1v) is 5.81. The van der Waals surface area contributed by atoms with E-state index in [1.165, 1.54) is 6.42 Å². The predicted molar refractivity (Wildman–Crippen MR) is 56.2 cm³/mol. The first-order valence-electron chi connectivity index (χ1n) is 5.81. The molecule has 0 saturated heterocycles. The molecule has 2 aliphatic carbocycles. The molecule has 0 spiro atoms. The smallest absolute Gasteiger partial charge is 0.329 e. The van der Waals surface area contributed by atoms with E-state index < -0.39 is 11.5 Å². The van der Waals surface area contributed by atoms with E-state index in [4.69, 9.17) is 0 Å². The molecule has 1 aromatic heterocycles. The second-order valence-corrected chi connectivity index (χ2v) is 4.91. The van der Waals surface area contributed by atoms with Gasteiger partial charge in [-0.05, 0) is 32.6 Å². The Labute approximate surface area is 93.5 Å². The third kappa shape index (κ3) is 1.14. The monoisotopic (exact) mass is 221 g/mol. The second-order valence-electron chi connectivity index (χ2n) is 4.91. The summed E-state index contributed by atoms with van der Waals surface area (Å²) in [4.78, 5) is 11.3. The van der Waals surface area contributed by atoms with Gasteiger partial charge >= 0.3 is 5.97 Å². The Morgan fingerprint density at radius 1 is 1.44 bits per heavy atom. The molecule has 2 saturated carbocycles. The van der Waals surface area contributed by atoms with Crippen LogP contribution in [0.3, 0.4) is 0 Å². The van der Waals surface area contributed by atoms with E-state index in [9.17, 15) is 9.90 Å². The summed E-state index contributed by atoms with van der Waals surface area (Å²) in [5.41, 5.74) is -0.724. The van der Waals surface area contributed by atoms with Crippen molar-refractivity contribution in [3.63, 3.8) is 0 Å². The Morgan fingerprint density at radius 2 is 2.12 bits per heavy atom. The van der Waals surface area contributed by atoms with Crippen LogP contribution in [-0.2, 0) is 10.3 Å². The van der Waals surface area contributed by atoms with Gasteiger partial charge in [-0.15, -0.1) is 10.2 Å². The molecule has 1 aromatic rings. The van der Waals surface area contributed by atoms with Crippen LogP contribution in [0.2, 0.25) is 0 Å². The quantitative estimate of drug-likeness (QED) is 0.838. The lowest BCUT2D eigenvalue weighted by molar-refractivity contribution is -0.142. The number of hydrogen-bond acceptors (Lipinski definition) is 3. The average Bonchev–Trinajstić information content (AvgIpc) is 2.86. The zero-order valence-corrected chi connectivity index (χ0v) is 9.31. The largest absolute Gasteiger partial charge is 0.479 e. The van der Waals surface area contributed by atoms with Crippen LogP contribution in [0.15, 0.2) is 0 Å². The maximum Gasteiger partial charge on any atom is 0.329 e. The Morgan fingerprint density at radius 3 is 2.56 bits per heavy atom. The first kappa shape index (κ1) is 9.81. The molecular weight excluding hydrogens is 206 g/mol. The van der Waals surface area contributed by atoms with Gasteiger partial charge in [0.05, 0.1) is 0 Å². The summed E-state index contributed by atoms with van der Waals surface area (Å²) in [5.74, 6) is 1.32. The van der Waals surface area contributed by atoms with Gasteiger partial charge in [0.15, 0.2) is 0 Å². The molecule has 5 nitrogen and oxygen atoms in total. The van der Waals surface area contributed by atoms with Crippen LogP contribution >= 0.6 is 0 Å². The zero-order chi connectivity index (χ0) is 11.3. The number of aryl methyl sites for hydroxylation is 1. The van der Waals surface area contributed by atoms with Crippen LogP contribution in [0.25, 0.3) is 0 Å². The maximum absolute atomic E-state index is 11.3. The molecule has 2 aliphatic rings. The van der Waals surface area contributed by atoms with Crippen molar-refractivity contribution in [2.45, 2.75) is 50.5 Å². The van der Waals surface area contributed by atoms with Crippen LogP contribution in [0.1, 0.15) is 49.7 Å². The highest BCUT2D eigenvalue weighted by Gasteiger charge is 2.54. The van der Waals surface area contributed by atoms with Crippen molar-refractivity contribution < 1.29 is 9.90 Å². The third-order valence-corrected chi connectivity index (χ3v) is 3.87. The molecule has 5 heteroatoms. The standard InChI is InChI=1S/C11H15N3O2/c1-7-12-13-9(8-3-2-4-8)14(7)11(5-6-11)10(15)16/h8H,2-6H2,1H3,(H,15,16). The van der Waals surface area contributed by atoms with Gasteiger partial charge in [0.1, 0.15) is 17.2 Å². The van der Waals surface area contributed by atoms with Crippen LogP contribution in [0, 0.1) is 6.92 Å². The predicted octanol–water partition coefficient (Wildman–Crippen LogP) is 1.43. The summed E-state index contributed by atoms with van der Waals surface area (Å²) in [6.07, 6.45) is 4.88. The normalized spacial score (nSPS) is 22.8. The molecule has 1 N–H and O–H groups in total. The summed E-state index contributed by atoms with van der Waals surface area (Å²) >= 11 is 0. The van der Waals surface area contributed by atoms with E-state index >= 15 is 0 Å². The molecule has 0 unspecified atom stereocenters. The first-order chi connectivity index (χ1) is 7.65. The van der Waals surface area contributed by atoms with Crippen molar-refractivity contribution in [3.8, 4) is 0 Å². The van der Waals surface area contributed by atoms with Crippen molar-refractivity contribution in [1.29, 1.82) is 0 Å². The Hall–Kier alpha value is -1.39. The fraction of sp³-hybridized carbons (Fsp3) is 0.727. The lowest BCUT2D eigenvalue weighted by atomic mass is 9.84.